The van der Waals surface area contributed by atoms with Crippen molar-refractivity contribution in [3.05, 3.63) is 41.5 Å². The van der Waals surface area contributed by atoms with E-state index in [0.29, 0.717) is 13.2 Å². The minimum absolute atomic E-state index is 0.377. The summed E-state index contributed by atoms with van der Waals surface area (Å²) in [5.74, 6) is 0. The average Bonchev–Trinajstić information content (AvgIpc) is 2.30. The Hall–Kier alpha value is -1.32. The van der Waals surface area contributed by atoms with E-state index in [2.05, 4.69) is 0 Å². The zero-order valence-electron chi connectivity index (χ0n) is 8.94. The van der Waals surface area contributed by atoms with Crippen LogP contribution < -0.4 is 0 Å². The molecule has 0 fully saturated rings. The van der Waals surface area contributed by atoms with Crippen molar-refractivity contribution < 1.29 is 9.63 Å². The molecular formula is C12H12ClNO2. The number of aryl methyl sites for hydroxylation is 1. The lowest BCUT2D eigenvalue weighted by molar-refractivity contribution is -0.0924. The molecule has 0 saturated heterocycles. The minimum Gasteiger partial charge on any atom is -0.265 e. The van der Waals surface area contributed by atoms with E-state index in [-0.39, 0.29) is 0 Å². The summed E-state index contributed by atoms with van der Waals surface area (Å²) < 4.78 is 0. The molecule has 0 spiro atoms. The van der Waals surface area contributed by atoms with Gasteiger partial charge in [0.2, 0.25) is 0 Å². The van der Waals surface area contributed by atoms with E-state index in [1.54, 1.807) is 0 Å². The first-order valence-electron chi connectivity index (χ1n) is 5.03. The number of amides is 1. The molecule has 0 N–H and O–H groups in total. The highest BCUT2D eigenvalue weighted by molar-refractivity contribution is 6.62. The molecule has 0 aromatic heterocycles. The molecule has 0 aliphatic carbocycles. The lowest BCUT2D eigenvalue weighted by atomic mass is 10.0. The number of hydrogen-bond donors (Lipinski definition) is 0. The second-order valence-corrected chi connectivity index (χ2v) is 4.00. The summed E-state index contributed by atoms with van der Waals surface area (Å²) in [5.41, 5.74) is 3.36. The number of rotatable bonds is 1. The van der Waals surface area contributed by atoms with Crippen LogP contribution in [0, 0.1) is 6.92 Å². The van der Waals surface area contributed by atoms with Crippen LogP contribution in [0.25, 0.3) is 5.57 Å². The van der Waals surface area contributed by atoms with E-state index < -0.39 is 5.37 Å². The van der Waals surface area contributed by atoms with Crippen molar-refractivity contribution in [1.82, 2.24) is 5.06 Å². The van der Waals surface area contributed by atoms with Crippen molar-refractivity contribution >= 4 is 22.5 Å². The summed E-state index contributed by atoms with van der Waals surface area (Å²) in [4.78, 5) is 16.1. The third-order valence-corrected chi connectivity index (χ3v) is 2.68. The van der Waals surface area contributed by atoms with Gasteiger partial charge in [0.1, 0.15) is 0 Å². The first kappa shape index (κ1) is 11.2. The maximum atomic E-state index is 11.0. The van der Waals surface area contributed by atoms with E-state index in [1.165, 1.54) is 5.56 Å². The van der Waals surface area contributed by atoms with Crippen molar-refractivity contribution in [2.75, 3.05) is 13.2 Å². The molecular weight excluding hydrogens is 226 g/mol. The molecule has 1 amide bonds. The van der Waals surface area contributed by atoms with Crippen LogP contribution in [0.15, 0.2) is 30.3 Å². The summed E-state index contributed by atoms with van der Waals surface area (Å²) in [5, 5.41) is 0.578. The predicted molar refractivity (Wildman–Crippen MR) is 63.1 cm³/mol. The van der Waals surface area contributed by atoms with Crippen molar-refractivity contribution in [2.24, 2.45) is 0 Å². The fourth-order valence-electron chi connectivity index (χ4n) is 1.58. The van der Waals surface area contributed by atoms with Gasteiger partial charge >= 0.3 is 5.37 Å². The van der Waals surface area contributed by atoms with Gasteiger partial charge in [-0.3, -0.25) is 9.63 Å². The first-order valence-corrected chi connectivity index (χ1v) is 5.40. The molecule has 4 heteroatoms. The highest BCUT2D eigenvalue weighted by Crippen LogP contribution is 2.20. The number of hydrogen-bond acceptors (Lipinski definition) is 2. The summed E-state index contributed by atoms with van der Waals surface area (Å²) in [7, 11) is 0. The summed E-state index contributed by atoms with van der Waals surface area (Å²) in [6.45, 7) is 2.81. The SMILES string of the molecule is Cc1ccc(C2=CCON(C(=O)Cl)C2)cc1. The summed E-state index contributed by atoms with van der Waals surface area (Å²) in [6.07, 6.45) is 1.96. The second-order valence-electron chi connectivity index (χ2n) is 3.68. The normalized spacial score (nSPS) is 15.9. The molecule has 1 aromatic carbocycles. The van der Waals surface area contributed by atoms with Gasteiger partial charge in [0.05, 0.1) is 13.2 Å². The summed E-state index contributed by atoms with van der Waals surface area (Å²) in [6, 6.07) is 8.14. The Kier molecular flexibility index (Phi) is 3.27. The van der Waals surface area contributed by atoms with E-state index in [0.717, 1.165) is 16.2 Å². The van der Waals surface area contributed by atoms with Crippen LogP contribution in [0.2, 0.25) is 0 Å². The Balaban J connectivity index is 2.18. The second kappa shape index (κ2) is 4.68. The monoisotopic (exact) mass is 237 g/mol. The molecule has 0 bridgehead atoms. The number of carbonyl (C=O) groups is 1. The number of halogens is 1. The van der Waals surface area contributed by atoms with Gasteiger partial charge in [0.15, 0.2) is 0 Å². The van der Waals surface area contributed by atoms with Gasteiger partial charge < -0.3 is 0 Å². The van der Waals surface area contributed by atoms with Crippen molar-refractivity contribution in [3.8, 4) is 0 Å². The predicted octanol–water partition coefficient (Wildman–Crippen LogP) is 2.98. The largest absolute Gasteiger partial charge is 0.340 e. The number of carbonyl (C=O) groups excluding carboxylic acids is 1. The molecule has 1 aliphatic rings. The maximum Gasteiger partial charge on any atom is 0.340 e. The lowest BCUT2D eigenvalue weighted by Gasteiger charge is -2.24. The molecule has 0 atom stereocenters. The Labute approximate surface area is 99.2 Å². The van der Waals surface area contributed by atoms with Gasteiger partial charge in [-0.1, -0.05) is 35.9 Å². The Morgan fingerprint density at radius 2 is 2.06 bits per heavy atom. The van der Waals surface area contributed by atoms with Crippen LogP contribution in [0.4, 0.5) is 4.79 Å². The lowest BCUT2D eigenvalue weighted by Crippen LogP contribution is -2.31. The van der Waals surface area contributed by atoms with Crippen LogP contribution in [0.3, 0.4) is 0 Å². The third-order valence-electron chi connectivity index (χ3n) is 2.49. The molecule has 1 aromatic rings. The van der Waals surface area contributed by atoms with Gasteiger partial charge in [-0.05, 0) is 29.7 Å². The molecule has 3 nitrogen and oxygen atoms in total. The van der Waals surface area contributed by atoms with Gasteiger partial charge in [-0.2, -0.15) is 0 Å². The smallest absolute Gasteiger partial charge is 0.265 e. The van der Waals surface area contributed by atoms with E-state index >= 15 is 0 Å². The zero-order valence-corrected chi connectivity index (χ0v) is 9.70. The maximum absolute atomic E-state index is 11.0. The number of benzene rings is 1. The minimum atomic E-state index is -0.585. The highest BCUT2D eigenvalue weighted by Gasteiger charge is 2.18. The van der Waals surface area contributed by atoms with E-state index in [1.807, 2.05) is 37.3 Å². The summed E-state index contributed by atoms with van der Waals surface area (Å²) >= 11 is 5.37. The van der Waals surface area contributed by atoms with Gasteiger partial charge in [-0.15, -0.1) is 0 Å². The van der Waals surface area contributed by atoms with Crippen LogP contribution in [0.5, 0.6) is 0 Å². The Morgan fingerprint density at radius 1 is 1.38 bits per heavy atom. The van der Waals surface area contributed by atoms with E-state index in [9.17, 15) is 4.79 Å². The van der Waals surface area contributed by atoms with Crippen LogP contribution in [-0.4, -0.2) is 23.6 Å². The average molecular weight is 238 g/mol. The zero-order chi connectivity index (χ0) is 11.5. The highest BCUT2D eigenvalue weighted by atomic mass is 35.5. The third kappa shape index (κ3) is 2.43. The first-order chi connectivity index (χ1) is 7.66. The topological polar surface area (TPSA) is 29.5 Å². The fourth-order valence-corrected chi connectivity index (χ4v) is 1.69. The van der Waals surface area contributed by atoms with Crippen LogP contribution in [0.1, 0.15) is 11.1 Å². The molecule has 0 unspecified atom stereocenters. The van der Waals surface area contributed by atoms with Gasteiger partial charge in [-0.25, -0.2) is 5.06 Å². The molecule has 1 aliphatic heterocycles. The fraction of sp³-hybridized carbons (Fsp3) is 0.250. The Morgan fingerprint density at radius 3 is 2.69 bits per heavy atom. The molecule has 0 saturated carbocycles. The quantitative estimate of drug-likeness (QED) is 0.555. The van der Waals surface area contributed by atoms with Crippen molar-refractivity contribution in [1.29, 1.82) is 0 Å². The standard InChI is InChI=1S/C12H12ClNO2/c1-9-2-4-10(5-3-9)11-6-7-16-14(8-11)12(13)15/h2-6H,7-8H2,1H3. The van der Waals surface area contributed by atoms with Crippen molar-refractivity contribution in [3.63, 3.8) is 0 Å². The molecule has 16 heavy (non-hydrogen) atoms. The van der Waals surface area contributed by atoms with Crippen LogP contribution in [-0.2, 0) is 4.84 Å². The van der Waals surface area contributed by atoms with Gasteiger partial charge in [0.25, 0.3) is 0 Å². The number of hydroxylamine groups is 2. The van der Waals surface area contributed by atoms with Crippen molar-refractivity contribution in [2.45, 2.75) is 6.92 Å². The molecule has 2 rings (SSSR count). The van der Waals surface area contributed by atoms with Crippen LogP contribution >= 0.6 is 11.6 Å². The molecule has 1 heterocycles. The molecule has 84 valence electrons. The Bertz CT molecular complexity index is 425. The van der Waals surface area contributed by atoms with E-state index in [4.69, 9.17) is 16.4 Å². The van der Waals surface area contributed by atoms with Gasteiger partial charge in [0, 0.05) is 0 Å². The number of nitrogens with zero attached hydrogens (tertiary/aromatic N) is 1. The molecule has 0 radical (unpaired) electrons.